The van der Waals surface area contributed by atoms with Gasteiger partial charge in [0.05, 0.1) is 8.95 Å². The number of nitrogens with zero attached hydrogens (tertiary/aromatic N) is 1. The molecule has 30 heavy (non-hydrogen) atoms. The van der Waals surface area contributed by atoms with Crippen LogP contribution in [-0.2, 0) is 11.4 Å². The molecule has 0 aromatic heterocycles. The van der Waals surface area contributed by atoms with Crippen molar-refractivity contribution in [3.05, 3.63) is 98.2 Å². The zero-order chi connectivity index (χ0) is 21.5. The van der Waals surface area contributed by atoms with Crippen LogP contribution in [0, 0.1) is 17.1 Å². The van der Waals surface area contributed by atoms with E-state index >= 15 is 0 Å². The molecule has 0 saturated heterocycles. The lowest BCUT2D eigenvalue weighted by atomic mass is 10.1. The summed E-state index contributed by atoms with van der Waals surface area (Å²) in [6.07, 6.45) is 1.48. The molecular formula is C23H15Br2FN2O2. The van der Waals surface area contributed by atoms with Crippen molar-refractivity contribution in [3.8, 4) is 11.8 Å². The minimum Gasteiger partial charge on any atom is -0.486 e. The molecule has 0 saturated carbocycles. The Labute approximate surface area is 190 Å². The van der Waals surface area contributed by atoms with Gasteiger partial charge in [0.1, 0.15) is 29.8 Å². The summed E-state index contributed by atoms with van der Waals surface area (Å²) in [5, 5.41) is 12.1. The average molecular weight is 530 g/mol. The zero-order valence-electron chi connectivity index (χ0n) is 15.5. The molecule has 0 aliphatic heterocycles. The molecule has 3 aromatic carbocycles. The number of hydrogen-bond acceptors (Lipinski definition) is 3. The number of rotatable bonds is 6. The summed E-state index contributed by atoms with van der Waals surface area (Å²) in [4.78, 5) is 12.4. The maximum atomic E-state index is 13.8. The van der Waals surface area contributed by atoms with Gasteiger partial charge in [0.2, 0.25) is 0 Å². The number of carbonyl (C=O) groups is 1. The molecule has 0 aliphatic rings. The number of nitrogens with one attached hydrogen (secondary N) is 1. The highest BCUT2D eigenvalue weighted by atomic mass is 79.9. The Morgan fingerprint density at radius 1 is 1.07 bits per heavy atom. The molecule has 0 atom stereocenters. The first kappa shape index (κ1) is 21.8. The van der Waals surface area contributed by atoms with E-state index in [4.69, 9.17) is 4.74 Å². The second-order valence-corrected chi connectivity index (χ2v) is 7.89. The molecule has 0 spiro atoms. The Kier molecular flexibility index (Phi) is 7.39. The van der Waals surface area contributed by atoms with Gasteiger partial charge in [-0.3, -0.25) is 4.79 Å². The molecule has 0 aliphatic carbocycles. The Morgan fingerprint density at radius 3 is 2.33 bits per heavy atom. The van der Waals surface area contributed by atoms with Gasteiger partial charge in [-0.2, -0.15) is 5.26 Å². The summed E-state index contributed by atoms with van der Waals surface area (Å²) in [6, 6.07) is 20.6. The van der Waals surface area contributed by atoms with Crippen molar-refractivity contribution >= 4 is 49.5 Å². The molecule has 150 valence electrons. The third-order valence-electron chi connectivity index (χ3n) is 4.06. The van der Waals surface area contributed by atoms with E-state index in [1.807, 2.05) is 12.1 Å². The predicted octanol–water partition coefficient (Wildman–Crippen LogP) is 6.48. The van der Waals surface area contributed by atoms with E-state index in [0.29, 0.717) is 31.5 Å². The summed E-state index contributed by atoms with van der Waals surface area (Å²) in [5.41, 5.74) is 1.61. The zero-order valence-corrected chi connectivity index (χ0v) is 18.7. The van der Waals surface area contributed by atoms with Gasteiger partial charge in [-0.15, -0.1) is 0 Å². The van der Waals surface area contributed by atoms with Crippen molar-refractivity contribution in [2.24, 2.45) is 0 Å². The van der Waals surface area contributed by atoms with E-state index in [2.05, 4.69) is 37.2 Å². The molecule has 1 N–H and O–H groups in total. The number of para-hydroxylation sites is 1. The lowest BCUT2D eigenvalue weighted by molar-refractivity contribution is -0.112. The van der Waals surface area contributed by atoms with Gasteiger partial charge in [0, 0.05) is 11.3 Å². The molecule has 0 bridgehead atoms. The topological polar surface area (TPSA) is 62.1 Å². The Balaban J connectivity index is 1.78. The van der Waals surface area contributed by atoms with E-state index in [0.717, 1.165) is 0 Å². The highest BCUT2D eigenvalue weighted by Crippen LogP contribution is 2.36. The first-order valence-electron chi connectivity index (χ1n) is 8.81. The van der Waals surface area contributed by atoms with Gasteiger partial charge in [0.25, 0.3) is 5.91 Å². The number of anilines is 1. The molecule has 0 unspecified atom stereocenters. The van der Waals surface area contributed by atoms with Crippen LogP contribution in [0.1, 0.15) is 11.1 Å². The molecule has 4 nitrogen and oxygen atoms in total. The Morgan fingerprint density at radius 2 is 1.70 bits per heavy atom. The highest BCUT2D eigenvalue weighted by molar-refractivity contribution is 9.11. The summed E-state index contributed by atoms with van der Waals surface area (Å²) < 4.78 is 20.7. The first-order chi connectivity index (χ1) is 14.5. The summed E-state index contributed by atoms with van der Waals surface area (Å²) in [5.74, 6) is -0.356. The van der Waals surface area contributed by atoms with Gasteiger partial charge in [-0.25, -0.2) is 4.39 Å². The lowest BCUT2D eigenvalue weighted by Gasteiger charge is -2.12. The standard InChI is InChI=1S/C23H15Br2FN2O2/c24-19-11-15(10-17(13-27)23(29)28-18-7-2-1-3-8-18)12-20(25)22(19)30-14-16-6-4-5-9-21(16)26/h1-12H,14H2,(H,28,29)/b17-10-. The number of benzene rings is 3. The Hall–Kier alpha value is -2.95. The average Bonchev–Trinajstić information content (AvgIpc) is 2.73. The van der Waals surface area contributed by atoms with Crippen LogP contribution in [0.5, 0.6) is 5.75 Å². The van der Waals surface area contributed by atoms with E-state index in [9.17, 15) is 14.4 Å². The number of amides is 1. The molecule has 3 aromatic rings. The number of ether oxygens (including phenoxy) is 1. The van der Waals surface area contributed by atoms with Crippen LogP contribution in [0.3, 0.4) is 0 Å². The van der Waals surface area contributed by atoms with E-state index in [1.165, 1.54) is 12.1 Å². The van der Waals surface area contributed by atoms with Gasteiger partial charge in [0.15, 0.2) is 0 Å². The third-order valence-corrected chi connectivity index (χ3v) is 5.24. The summed E-state index contributed by atoms with van der Waals surface area (Å²) >= 11 is 6.86. The molecule has 7 heteroatoms. The third kappa shape index (κ3) is 5.56. The fourth-order valence-electron chi connectivity index (χ4n) is 2.60. The van der Waals surface area contributed by atoms with Crippen molar-refractivity contribution in [2.75, 3.05) is 5.32 Å². The highest BCUT2D eigenvalue weighted by Gasteiger charge is 2.13. The second kappa shape index (κ2) is 10.2. The predicted molar refractivity (Wildman–Crippen MR) is 121 cm³/mol. The fourth-order valence-corrected chi connectivity index (χ4v) is 4.05. The normalized spacial score (nSPS) is 10.9. The number of nitriles is 1. The Bertz CT molecular complexity index is 1120. The van der Waals surface area contributed by atoms with Gasteiger partial charge < -0.3 is 10.1 Å². The summed E-state index contributed by atoms with van der Waals surface area (Å²) in [7, 11) is 0. The number of hydrogen-bond donors (Lipinski definition) is 1. The van der Waals surface area contributed by atoms with E-state index < -0.39 is 5.91 Å². The van der Waals surface area contributed by atoms with Crippen LogP contribution in [0.15, 0.2) is 81.2 Å². The molecule has 1 amide bonds. The summed E-state index contributed by atoms with van der Waals surface area (Å²) in [6.45, 7) is 0.0575. The van der Waals surface area contributed by atoms with Crippen molar-refractivity contribution in [3.63, 3.8) is 0 Å². The van der Waals surface area contributed by atoms with Crippen LogP contribution >= 0.6 is 31.9 Å². The quantitative estimate of drug-likeness (QED) is 0.294. The molecule has 3 rings (SSSR count). The number of halogens is 3. The van der Waals surface area contributed by atoms with Crippen molar-refractivity contribution in [1.82, 2.24) is 0 Å². The van der Waals surface area contributed by atoms with E-state index in [-0.39, 0.29) is 18.0 Å². The van der Waals surface area contributed by atoms with E-state index in [1.54, 1.807) is 54.6 Å². The maximum absolute atomic E-state index is 13.8. The molecule has 0 heterocycles. The maximum Gasteiger partial charge on any atom is 0.266 e. The molecular weight excluding hydrogens is 515 g/mol. The molecule has 0 fully saturated rings. The van der Waals surface area contributed by atoms with Crippen LogP contribution in [0.4, 0.5) is 10.1 Å². The SMILES string of the molecule is N#C/C(=C/c1cc(Br)c(OCc2ccccc2F)c(Br)c1)C(=O)Nc1ccccc1. The van der Waals surface area contributed by atoms with Crippen LogP contribution < -0.4 is 10.1 Å². The largest absolute Gasteiger partial charge is 0.486 e. The van der Waals surface area contributed by atoms with Crippen molar-refractivity contribution < 1.29 is 13.9 Å². The van der Waals surface area contributed by atoms with Crippen molar-refractivity contribution in [2.45, 2.75) is 6.61 Å². The van der Waals surface area contributed by atoms with Gasteiger partial charge >= 0.3 is 0 Å². The first-order valence-corrected chi connectivity index (χ1v) is 10.4. The lowest BCUT2D eigenvalue weighted by Crippen LogP contribution is -2.13. The van der Waals surface area contributed by atoms with Gasteiger partial charge in [-0.1, -0.05) is 36.4 Å². The van der Waals surface area contributed by atoms with Crippen LogP contribution in [0.2, 0.25) is 0 Å². The van der Waals surface area contributed by atoms with Crippen LogP contribution in [0.25, 0.3) is 6.08 Å². The minimum atomic E-state index is -0.504. The van der Waals surface area contributed by atoms with Crippen molar-refractivity contribution in [1.29, 1.82) is 5.26 Å². The smallest absolute Gasteiger partial charge is 0.266 e. The number of carbonyl (C=O) groups excluding carboxylic acids is 1. The van der Waals surface area contributed by atoms with Gasteiger partial charge in [-0.05, 0) is 73.8 Å². The minimum absolute atomic E-state index is 0.0438. The molecule has 0 radical (unpaired) electrons. The second-order valence-electron chi connectivity index (χ2n) is 6.18. The fraction of sp³-hybridized carbons (Fsp3) is 0.0435. The monoisotopic (exact) mass is 528 g/mol. The van der Waals surface area contributed by atoms with Crippen LogP contribution in [-0.4, -0.2) is 5.91 Å².